The molecule has 3 rings (SSSR count). The molecule has 1 aliphatic heterocycles. The molecule has 0 unspecified atom stereocenters. The van der Waals surface area contributed by atoms with Gasteiger partial charge in [0, 0.05) is 20.9 Å². The van der Waals surface area contributed by atoms with Crippen molar-refractivity contribution >= 4 is 62.0 Å². The normalized spacial score (nSPS) is 15.7. The molecule has 1 aliphatic rings. The molecule has 0 spiro atoms. The Labute approximate surface area is 198 Å². The van der Waals surface area contributed by atoms with Crippen molar-refractivity contribution in [3.05, 3.63) is 74.9 Å². The zero-order valence-corrected chi connectivity index (χ0v) is 20.1. The van der Waals surface area contributed by atoms with Gasteiger partial charge >= 0.3 is 5.97 Å². The Morgan fingerprint density at radius 2 is 2.00 bits per heavy atom. The zero-order chi connectivity index (χ0) is 22.4. The van der Waals surface area contributed by atoms with E-state index in [4.69, 9.17) is 21.3 Å². The van der Waals surface area contributed by atoms with Gasteiger partial charge in [-0.1, -0.05) is 51.4 Å². The minimum absolute atomic E-state index is 0.154. The Bertz CT molecular complexity index is 1040. The molecule has 0 bridgehead atoms. The number of amidine groups is 1. The third-order valence-electron chi connectivity index (χ3n) is 4.35. The number of aliphatic imine (C=N–C) groups is 1. The first-order valence-corrected chi connectivity index (χ1v) is 11.7. The average Bonchev–Trinajstić information content (AvgIpc) is 2.73. The fourth-order valence-electron chi connectivity index (χ4n) is 2.98. The van der Waals surface area contributed by atoms with Crippen molar-refractivity contribution in [1.29, 1.82) is 0 Å². The number of esters is 1. The molecule has 2 aromatic carbocycles. The maximum Gasteiger partial charge on any atom is 0.338 e. The largest absolute Gasteiger partial charge is 0.463 e. The second-order valence-corrected chi connectivity index (χ2v) is 8.94. The van der Waals surface area contributed by atoms with Crippen molar-refractivity contribution in [1.82, 2.24) is 5.32 Å². The summed E-state index contributed by atoms with van der Waals surface area (Å²) in [5, 5.41) is 7.11. The standard InChI is InChI=1S/C22H21BrClN3O3S/c1-3-30-21(29)19-13(2)25-22(27-20(19)14-5-4-6-15(23)11-14)31-12-18(28)26-17-9-7-16(24)8-10-17/h4-11,20H,3,12H2,1-2H3,(H,25,27)(H,26,28)/t20-/m1/s1. The number of allylic oxidation sites excluding steroid dienone is 1. The Morgan fingerprint density at radius 3 is 2.68 bits per heavy atom. The lowest BCUT2D eigenvalue weighted by Gasteiger charge is -2.25. The summed E-state index contributed by atoms with van der Waals surface area (Å²) in [7, 11) is 0. The Morgan fingerprint density at radius 1 is 1.26 bits per heavy atom. The van der Waals surface area contributed by atoms with Crippen LogP contribution in [0.5, 0.6) is 0 Å². The van der Waals surface area contributed by atoms with E-state index in [1.807, 2.05) is 24.3 Å². The third-order valence-corrected chi connectivity index (χ3v) is 5.98. The molecular weight excluding hydrogens is 502 g/mol. The van der Waals surface area contributed by atoms with Crippen LogP contribution in [0.15, 0.2) is 69.3 Å². The fraction of sp³-hybridized carbons (Fsp3) is 0.227. The van der Waals surface area contributed by atoms with E-state index >= 15 is 0 Å². The first-order valence-electron chi connectivity index (χ1n) is 9.53. The van der Waals surface area contributed by atoms with E-state index in [0.29, 0.717) is 27.1 Å². The number of nitrogens with one attached hydrogen (secondary N) is 2. The van der Waals surface area contributed by atoms with Gasteiger partial charge in [-0.05, 0) is 55.8 Å². The van der Waals surface area contributed by atoms with E-state index in [9.17, 15) is 9.59 Å². The van der Waals surface area contributed by atoms with Crippen molar-refractivity contribution in [2.45, 2.75) is 19.9 Å². The van der Waals surface area contributed by atoms with Crippen LogP contribution in [0.3, 0.4) is 0 Å². The van der Waals surface area contributed by atoms with Crippen molar-refractivity contribution in [3.63, 3.8) is 0 Å². The first kappa shape index (κ1) is 23.4. The second-order valence-electron chi connectivity index (χ2n) is 6.62. The van der Waals surface area contributed by atoms with Gasteiger partial charge in [-0.2, -0.15) is 0 Å². The van der Waals surface area contributed by atoms with Gasteiger partial charge in [0.05, 0.1) is 17.9 Å². The second kappa shape index (κ2) is 10.8. The van der Waals surface area contributed by atoms with Crippen LogP contribution in [0.1, 0.15) is 25.5 Å². The number of halogens is 2. The summed E-state index contributed by atoms with van der Waals surface area (Å²) in [6.45, 7) is 3.85. The van der Waals surface area contributed by atoms with Crippen molar-refractivity contribution in [2.24, 2.45) is 4.99 Å². The lowest BCUT2D eigenvalue weighted by Crippen LogP contribution is -2.31. The number of benzene rings is 2. The van der Waals surface area contributed by atoms with Gasteiger partial charge in [0.15, 0.2) is 5.17 Å². The van der Waals surface area contributed by atoms with E-state index < -0.39 is 12.0 Å². The van der Waals surface area contributed by atoms with Gasteiger partial charge in [-0.15, -0.1) is 0 Å². The average molecular weight is 523 g/mol. The number of carbonyl (C=O) groups excluding carboxylic acids is 2. The van der Waals surface area contributed by atoms with Crippen LogP contribution in [-0.4, -0.2) is 29.4 Å². The van der Waals surface area contributed by atoms with E-state index in [1.165, 1.54) is 11.8 Å². The maximum absolute atomic E-state index is 12.6. The number of amides is 1. The minimum Gasteiger partial charge on any atom is -0.463 e. The maximum atomic E-state index is 12.6. The van der Waals surface area contributed by atoms with Crippen LogP contribution in [0.2, 0.25) is 5.02 Å². The summed E-state index contributed by atoms with van der Waals surface area (Å²) in [6, 6.07) is 14.0. The summed E-state index contributed by atoms with van der Waals surface area (Å²) < 4.78 is 6.13. The third kappa shape index (κ3) is 6.35. The quantitative estimate of drug-likeness (QED) is 0.503. The van der Waals surface area contributed by atoms with Gasteiger partial charge in [0.2, 0.25) is 5.91 Å². The van der Waals surface area contributed by atoms with E-state index in [2.05, 4.69) is 26.6 Å². The summed E-state index contributed by atoms with van der Waals surface area (Å²) >= 11 is 10.6. The van der Waals surface area contributed by atoms with Crippen LogP contribution in [0.25, 0.3) is 0 Å². The summed E-state index contributed by atoms with van der Waals surface area (Å²) in [5.74, 6) is -0.429. The molecule has 0 aromatic heterocycles. The van der Waals surface area contributed by atoms with Gasteiger partial charge in [0.25, 0.3) is 0 Å². The predicted molar refractivity (Wildman–Crippen MR) is 129 cm³/mol. The molecule has 1 atom stereocenters. The molecule has 1 amide bonds. The molecular formula is C22H21BrClN3O3S. The van der Waals surface area contributed by atoms with Gasteiger partial charge < -0.3 is 15.4 Å². The molecule has 1 heterocycles. The summed E-state index contributed by atoms with van der Waals surface area (Å²) in [5.41, 5.74) is 2.62. The van der Waals surface area contributed by atoms with E-state index in [-0.39, 0.29) is 18.3 Å². The number of thioether (sulfide) groups is 1. The number of anilines is 1. The Balaban J connectivity index is 1.76. The van der Waals surface area contributed by atoms with Gasteiger partial charge in [-0.25, -0.2) is 9.79 Å². The highest BCUT2D eigenvalue weighted by Gasteiger charge is 2.30. The molecule has 0 saturated heterocycles. The van der Waals surface area contributed by atoms with Crippen molar-refractivity contribution in [3.8, 4) is 0 Å². The molecule has 2 N–H and O–H groups in total. The monoisotopic (exact) mass is 521 g/mol. The van der Waals surface area contributed by atoms with Crippen LogP contribution < -0.4 is 10.6 Å². The smallest absolute Gasteiger partial charge is 0.338 e. The molecule has 0 fully saturated rings. The van der Waals surface area contributed by atoms with Crippen LogP contribution in [0.4, 0.5) is 5.69 Å². The summed E-state index contributed by atoms with van der Waals surface area (Å²) in [4.78, 5) is 29.6. The van der Waals surface area contributed by atoms with E-state index in [0.717, 1.165) is 10.0 Å². The van der Waals surface area contributed by atoms with Crippen LogP contribution in [-0.2, 0) is 14.3 Å². The highest BCUT2D eigenvalue weighted by atomic mass is 79.9. The molecule has 0 radical (unpaired) electrons. The highest BCUT2D eigenvalue weighted by Crippen LogP contribution is 2.34. The highest BCUT2D eigenvalue weighted by molar-refractivity contribution is 9.10. The SMILES string of the molecule is CCOC(=O)C1=C(C)NC(SCC(=O)Nc2ccc(Cl)cc2)=N[C@@H]1c1cccc(Br)c1. The van der Waals surface area contributed by atoms with Crippen LogP contribution >= 0.6 is 39.3 Å². The number of nitrogens with zero attached hydrogens (tertiary/aromatic N) is 1. The molecule has 6 nitrogen and oxygen atoms in total. The summed E-state index contributed by atoms with van der Waals surface area (Å²) in [6.07, 6.45) is 0. The molecule has 0 aliphatic carbocycles. The topological polar surface area (TPSA) is 79.8 Å². The Kier molecular flexibility index (Phi) is 8.17. The Hall–Kier alpha value is -2.29. The number of hydrogen-bond donors (Lipinski definition) is 2. The van der Waals surface area contributed by atoms with Crippen molar-refractivity contribution in [2.75, 3.05) is 17.7 Å². The van der Waals surface area contributed by atoms with Gasteiger partial charge in [-0.3, -0.25) is 4.79 Å². The molecule has 9 heteroatoms. The molecule has 2 aromatic rings. The number of carbonyl (C=O) groups is 2. The number of rotatable bonds is 6. The minimum atomic E-state index is -0.528. The number of hydrogen-bond acceptors (Lipinski definition) is 6. The number of ether oxygens (including phenoxy) is 1. The molecule has 162 valence electrons. The fourth-order valence-corrected chi connectivity index (χ4v) is 4.26. The van der Waals surface area contributed by atoms with Crippen LogP contribution in [0, 0.1) is 0 Å². The van der Waals surface area contributed by atoms with E-state index in [1.54, 1.807) is 38.1 Å². The zero-order valence-electron chi connectivity index (χ0n) is 16.9. The van der Waals surface area contributed by atoms with Crippen molar-refractivity contribution < 1.29 is 14.3 Å². The lowest BCUT2D eigenvalue weighted by atomic mass is 9.97. The lowest BCUT2D eigenvalue weighted by molar-refractivity contribution is -0.139. The first-order chi connectivity index (χ1) is 14.9. The molecule has 0 saturated carbocycles. The molecule has 31 heavy (non-hydrogen) atoms. The van der Waals surface area contributed by atoms with Gasteiger partial charge in [0.1, 0.15) is 6.04 Å². The predicted octanol–water partition coefficient (Wildman–Crippen LogP) is 5.31.